The summed E-state index contributed by atoms with van der Waals surface area (Å²) in [5, 5.41) is 2.79. The maximum absolute atomic E-state index is 13.3. The van der Waals surface area contributed by atoms with Crippen molar-refractivity contribution in [2.24, 2.45) is 0 Å². The van der Waals surface area contributed by atoms with Crippen LogP contribution < -0.4 is 19.7 Å². The van der Waals surface area contributed by atoms with Gasteiger partial charge in [-0.25, -0.2) is 0 Å². The summed E-state index contributed by atoms with van der Waals surface area (Å²) in [6.45, 7) is 3.19. The Labute approximate surface area is 199 Å². The van der Waals surface area contributed by atoms with Crippen molar-refractivity contribution in [2.75, 3.05) is 58.4 Å². The lowest BCUT2D eigenvalue weighted by Gasteiger charge is -2.39. The number of nitrogens with one attached hydrogen (secondary N) is 1. The van der Waals surface area contributed by atoms with Gasteiger partial charge in [-0.05, 0) is 36.4 Å². The highest BCUT2D eigenvalue weighted by Crippen LogP contribution is 2.24. The molecule has 9 nitrogen and oxygen atoms in total. The molecule has 0 bridgehead atoms. The number of para-hydroxylation sites is 1. The van der Waals surface area contributed by atoms with Crippen LogP contribution in [0.1, 0.15) is 16.8 Å². The molecule has 2 aliphatic heterocycles. The molecule has 0 spiro atoms. The zero-order valence-corrected chi connectivity index (χ0v) is 19.5. The maximum Gasteiger partial charge on any atom is 0.258 e. The Morgan fingerprint density at radius 3 is 2.32 bits per heavy atom. The number of carbonyl (C=O) groups excluding carboxylic acids is 3. The van der Waals surface area contributed by atoms with E-state index in [0.717, 1.165) is 11.4 Å². The van der Waals surface area contributed by atoms with Gasteiger partial charge < -0.3 is 29.5 Å². The number of rotatable bonds is 6. The highest BCUT2D eigenvalue weighted by atomic mass is 16.5. The molecule has 180 valence electrons. The Morgan fingerprint density at radius 2 is 1.65 bits per heavy atom. The normalized spacial score (nSPS) is 18.4. The molecular weight excluding hydrogens is 436 g/mol. The van der Waals surface area contributed by atoms with Crippen molar-refractivity contribution in [1.29, 1.82) is 0 Å². The van der Waals surface area contributed by atoms with E-state index in [1.54, 1.807) is 36.3 Å². The molecule has 0 radical (unpaired) electrons. The lowest BCUT2D eigenvalue weighted by Crippen LogP contribution is -2.59. The number of amides is 3. The number of carbonyl (C=O) groups is 3. The summed E-state index contributed by atoms with van der Waals surface area (Å²) >= 11 is 0. The Hall–Kier alpha value is -3.75. The van der Waals surface area contributed by atoms with Gasteiger partial charge >= 0.3 is 0 Å². The minimum absolute atomic E-state index is 0.0464. The van der Waals surface area contributed by atoms with Crippen LogP contribution in [-0.4, -0.2) is 87.1 Å². The average Bonchev–Trinajstić information content (AvgIpc) is 2.89. The second-order valence-corrected chi connectivity index (χ2v) is 8.28. The number of nitrogens with zero attached hydrogens (tertiary/aromatic N) is 3. The van der Waals surface area contributed by atoms with Gasteiger partial charge in [0.1, 0.15) is 17.5 Å². The molecule has 2 aromatic carbocycles. The maximum atomic E-state index is 13.3. The number of hydrogen-bond acceptors (Lipinski definition) is 6. The molecule has 2 aromatic rings. The first-order valence-corrected chi connectivity index (χ1v) is 11.4. The quantitative estimate of drug-likeness (QED) is 0.692. The third kappa shape index (κ3) is 4.93. The first-order chi connectivity index (χ1) is 16.5. The van der Waals surface area contributed by atoms with Crippen LogP contribution in [0, 0.1) is 0 Å². The second-order valence-electron chi connectivity index (χ2n) is 8.28. The van der Waals surface area contributed by atoms with Crippen LogP contribution in [0.2, 0.25) is 0 Å². The Balaban J connectivity index is 1.40. The summed E-state index contributed by atoms with van der Waals surface area (Å²) < 4.78 is 10.5. The van der Waals surface area contributed by atoms with Crippen molar-refractivity contribution in [2.45, 2.75) is 12.5 Å². The number of methoxy groups -OCH3 is 2. The molecule has 4 rings (SSSR count). The van der Waals surface area contributed by atoms with E-state index in [1.165, 1.54) is 12.0 Å². The molecule has 9 heteroatoms. The molecule has 0 aromatic heterocycles. The molecule has 2 aliphatic rings. The van der Waals surface area contributed by atoms with Gasteiger partial charge in [0.2, 0.25) is 11.8 Å². The standard InChI is InChI=1S/C25H30N4O5/c1-33-19-9-7-18(8-10-19)27-13-15-28(16-14-27)23(30)17-21-24(31)26-11-12-29(21)25(32)20-5-3-4-6-22(20)34-2/h3-10,21H,11-17H2,1-2H3,(H,26,31)/t21-/m0/s1. The molecule has 2 fully saturated rings. The Morgan fingerprint density at radius 1 is 0.941 bits per heavy atom. The molecule has 3 amide bonds. The van der Waals surface area contributed by atoms with E-state index >= 15 is 0 Å². The lowest BCUT2D eigenvalue weighted by atomic mass is 10.0. The van der Waals surface area contributed by atoms with Gasteiger partial charge in [-0.1, -0.05) is 12.1 Å². The van der Waals surface area contributed by atoms with Crippen molar-refractivity contribution < 1.29 is 23.9 Å². The molecule has 2 saturated heterocycles. The topological polar surface area (TPSA) is 91.4 Å². The zero-order chi connectivity index (χ0) is 24.1. The molecule has 34 heavy (non-hydrogen) atoms. The highest BCUT2D eigenvalue weighted by molar-refractivity contribution is 6.01. The van der Waals surface area contributed by atoms with E-state index in [4.69, 9.17) is 9.47 Å². The van der Waals surface area contributed by atoms with Crippen molar-refractivity contribution in [3.05, 3.63) is 54.1 Å². The molecule has 0 aliphatic carbocycles. The second kappa shape index (κ2) is 10.5. The lowest BCUT2D eigenvalue weighted by molar-refractivity contribution is -0.138. The molecule has 0 unspecified atom stereocenters. The summed E-state index contributed by atoms with van der Waals surface area (Å²) in [6.07, 6.45) is -0.0464. The molecule has 2 heterocycles. The van der Waals surface area contributed by atoms with Gasteiger partial charge in [-0.2, -0.15) is 0 Å². The highest BCUT2D eigenvalue weighted by Gasteiger charge is 2.37. The fourth-order valence-electron chi connectivity index (χ4n) is 4.44. The summed E-state index contributed by atoms with van der Waals surface area (Å²) in [6, 6.07) is 13.9. The smallest absolute Gasteiger partial charge is 0.258 e. The van der Waals surface area contributed by atoms with Crippen LogP contribution in [0.3, 0.4) is 0 Å². The van der Waals surface area contributed by atoms with E-state index in [1.807, 2.05) is 24.3 Å². The number of anilines is 1. The largest absolute Gasteiger partial charge is 0.497 e. The van der Waals surface area contributed by atoms with Gasteiger partial charge in [0, 0.05) is 45.0 Å². The van der Waals surface area contributed by atoms with Crippen LogP contribution in [0.5, 0.6) is 11.5 Å². The van der Waals surface area contributed by atoms with Gasteiger partial charge in [0.05, 0.1) is 26.2 Å². The summed E-state index contributed by atoms with van der Waals surface area (Å²) in [7, 11) is 3.14. The molecule has 1 N–H and O–H groups in total. The predicted molar refractivity (Wildman–Crippen MR) is 127 cm³/mol. The molecule has 1 atom stereocenters. The third-order valence-corrected chi connectivity index (χ3v) is 6.37. The monoisotopic (exact) mass is 466 g/mol. The van der Waals surface area contributed by atoms with Gasteiger partial charge in [-0.15, -0.1) is 0 Å². The first kappa shape index (κ1) is 23.4. The van der Waals surface area contributed by atoms with Crippen molar-refractivity contribution in [3.63, 3.8) is 0 Å². The Bertz CT molecular complexity index is 1030. The van der Waals surface area contributed by atoms with E-state index in [2.05, 4.69) is 10.2 Å². The molecule has 0 saturated carbocycles. The summed E-state index contributed by atoms with van der Waals surface area (Å²) in [5.41, 5.74) is 1.46. The van der Waals surface area contributed by atoms with Crippen LogP contribution in [0.25, 0.3) is 0 Å². The summed E-state index contributed by atoms with van der Waals surface area (Å²) in [4.78, 5) is 44.5. The van der Waals surface area contributed by atoms with Crippen molar-refractivity contribution in [3.8, 4) is 11.5 Å². The number of hydrogen-bond donors (Lipinski definition) is 1. The third-order valence-electron chi connectivity index (χ3n) is 6.37. The van der Waals surface area contributed by atoms with E-state index in [-0.39, 0.29) is 24.1 Å². The van der Waals surface area contributed by atoms with E-state index in [9.17, 15) is 14.4 Å². The van der Waals surface area contributed by atoms with E-state index < -0.39 is 6.04 Å². The zero-order valence-electron chi connectivity index (χ0n) is 19.5. The van der Waals surface area contributed by atoms with E-state index in [0.29, 0.717) is 50.6 Å². The van der Waals surface area contributed by atoms with Gasteiger partial charge in [0.25, 0.3) is 5.91 Å². The number of benzene rings is 2. The van der Waals surface area contributed by atoms with Crippen LogP contribution in [-0.2, 0) is 9.59 Å². The van der Waals surface area contributed by atoms with Gasteiger partial charge in [0.15, 0.2) is 0 Å². The number of piperazine rings is 2. The summed E-state index contributed by atoms with van der Waals surface area (Å²) in [5.74, 6) is 0.497. The number of ether oxygens (including phenoxy) is 2. The SMILES string of the molecule is COc1ccc(N2CCN(C(=O)C[C@H]3C(=O)NCCN3C(=O)c3ccccc3OC)CC2)cc1. The minimum Gasteiger partial charge on any atom is -0.497 e. The van der Waals surface area contributed by atoms with Crippen LogP contribution in [0.4, 0.5) is 5.69 Å². The fraction of sp³-hybridized carbons (Fsp3) is 0.400. The Kier molecular flexibility index (Phi) is 7.20. The average molecular weight is 467 g/mol. The van der Waals surface area contributed by atoms with Gasteiger partial charge in [-0.3, -0.25) is 14.4 Å². The minimum atomic E-state index is -0.849. The molecular formula is C25H30N4O5. The van der Waals surface area contributed by atoms with Crippen molar-refractivity contribution in [1.82, 2.24) is 15.1 Å². The fourth-order valence-corrected chi connectivity index (χ4v) is 4.44. The first-order valence-electron chi connectivity index (χ1n) is 11.4. The van der Waals surface area contributed by atoms with Crippen LogP contribution >= 0.6 is 0 Å². The van der Waals surface area contributed by atoms with Crippen LogP contribution in [0.15, 0.2) is 48.5 Å². The predicted octanol–water partition coefficient (Wildman–Crippen LogP) is 1.38. The van der Waals surface area contributed by atoms with Crippen molar-refractivity contribution >= 4 is 23.4 Å².